The lowest BCUT2D eigenvalue weighted by Crippen LogP contribution is -2.01. The summed E-state index contributed by atoms with van der Waals surface area (Å²) in [6.45, 7) is 0.626. The molecule has 102 valence electrons. The first-order chi connectivity index (χ1) is 9.88. The monoisotopic (exact) mass is 268 g/mol. The van der Waals surface area contributed by atoms with E-state index in [-0.39, 0.29) is 6.61 Å². The maximum Gasteiger partial charge on any atom is 0.142 e. The van der Waals surface area contributed by atoms with Crippen LogP contribution < -0.4 is 4.74 Å². The zero-order valence-corrected chi connectivity index (χ0v) is 11.0. The van der Waals surface area contributed by atoms with E-state index in [4.69, 9.17) is 9.84 Å². The number of rotatable bonds is 5. The van der Waals surface area contributed by atoms with Crippen LogP contribution in [0.5, 0.6) is 5.75 Å². The molecule has 0 radical (unpaired) electrons. The van der Waals surface area contributed by atoms with Crippen molar-refractivity contribution in [2.45, 2.75) is 6.42 Å². The van der Waals surface area contributed by atoms with Crippen molar-refractivity contribution >= 4 is 11.0 Å². The van der Waals surface area contributed by atoms with Gasteiger partial charge in [-0.15, -0.1) is 0 Å². The fourth-order valence-corrected chi connectivity index (χ4v) is 2.12. The minimum atomic E-state index is 0.132. The highest BCUT2D eigenvalue weighted by Gasteiger charge is 2.10. The van der Waals surface area contributed by atoms with Crippen LogP contribution in [0, 0.1) is 0 Å². The highest BCUT2D eigenvalue weighted by molar-refractivity contribution is 5.80. The van der Waals surface area contributed by atoms with Gasteiger partial charge in [-0.1, -0.05) is 24.3 Å². The number of aliphatic hydroxyl groups is 1. The Bertz CT molecular complexity index is 673. The number of aliphatic hydroxyl groups excluding tert-OH is 1. The number of benzene rings is 2. The molecule has 0 fully saturated rings. The van der Waals surface area contributed by atoms with Gasteiger partial charge in [-0.25, -0.2) is 4.98 Å². The van der Waals surface area contributed by atoms with Gasteiger partial charge in [0.1, 0.15) is 11.6 Å². The second kappa shape index (κ2) is 5.75. The Hall–Kier alpha value is -2.33. The third kappa shape index (κ3) is 2.51. The molecule has 20 heavy (non-hydrogen) atoms. The van der Waals surface area contributed by atoms with Gasteiger partial charge < -0.3 is 14.8 Å². The summed E-state index contributed by atoms with van der Waals surface area (Å²) < 4.78 is 5.71. The van der Waals surface area contributed by atoms with E-state index in [9.17, 15) is 0 Å². The minimum Gasteiger partial charge on any atom is -0.493 e. The van der Waals surface area contributed by atoms with Gasteiger partial charge in [-0.3, -0.25) is 0 Å². The van der Waals surface area contributed by atoms with Gasteiger partial charge in [0, 0.05) is 13.0 Å². The van der Waals surface area contributed by atoms with E-state index in [1.165, 1.54) is 0 Å². The number of nitrogens with zero attached hydrogens (tertiary/aromatic N) is 1. The van der Waals surface area contributed by atoms with Crippen molar-refractivity contribution in [2.75, 3.05) is 13.2 Å². The second-order valence-corrected chi connectivity index (χ2v) is 4.52. The SMILES string of the molecule is OCCCOc1ccccc1-c1nc2ccccc2[nH]1. The van der Waals surface area contributed by atoms with Crippen LogP contribution in [0.4, 0.5) is 0 Å². The summed E-state index contributed by atoms with van der Waals surface area (Å²) in [4.78, 5) is 7.89. The maximum absolute atomic E-state index is 8.83. The van der Waals surface area contributed by atoms with E-state index in [1.54, 1.807) is 0 Å². The van der Waals surface area contributed by atoms with Crippen LogP contribution in [-0.4, -0.2) is 28.3 Å². The van der Waals surface area contributed by atoms with Crippen molar-refractivity contribution in [1.29, 1.82) is 0 Å². The third-order valence-electron chi connectivity index (χ3n) is 3.09. The smallest absolute Gasteiger partial charge is 0.142 e. The number of ether oxygens (including phenoxy) is 1. The molecule has 3 aromatic rings. The van der Waals surface area contributed by atoms with E-state index in [0.29, 0.717) is 13.0 Å². The van der Waals surface area contributed by atoms with Crippen LogP contribution in [0.1, 0.15) is 6.42 Å². The molecule has 1 heterocycles. The zero-order chi connectivity index (χ0) is 13.8. The number of nitrogens with one attached hydrogen (secondary N) is 1. The lowest BCUT2D eigenvalue weighted by Gasteiger charge is -2.09. The van der Waals surface area contributed by atoms with Gasteiger partial charge in [0.2, 0.25) is 0 Å². The van der Waals surface area contributed by atoms with Crippen molar-refractivity contribution in [1.82, 2.24) is 9.97 Å². The fourth-order valence-electron chi connectivity index (χ4n) is 2.12. The van der Waals surface area contributed by atoms with Crippen molar-refractivity contribution in [3.63, 3.8) is 0 Å². The summed E-state index contributed by atoms with van der Waals surface area (Å²) in [5, 5.41) is 8.83. The molecule has 0 bridgehead atoms. The average molecular weight is 268 g/mol. The number of aromatic amines is 1. The molecular formula is C16H16N2O2. The van der Waals surface area contributed by atoms with Crippen molar-refractivity contribution in [3.8, 4) is 17.1 Å². The number of aromatic nitrogens is 2. The number of fused-ring (bicyclic) bond motifs is 1. The molecule has 4 nitrogen and oxygen atoms in total. The van der Waals surface area contributed by atoms with Crippen LogP contribution in [0.2, 0.25) is 0 Å². The third-order valence-corrected chi connectivity index (χ3v) is 3.09. The minimum absolute atomic E-state index is 0.132. The van der Waals surface area contributed by atoms with Gasteiger partial charge in [-0.05, 0) is 24.3 Å². The molecule has 1 aromatic heterocycles. The first-order valence-corrected chi connectivity index (χ1v) is 6.66. The van der Waals surface area contributed by atoms with E-state index in [2.05, 4.69) is 9.97 Å². The van der Waals surface area contributed by atoms with E-state index >= 15 is 0 Å². The van der Waals surface area contributed by atoms with Crippen LogP contribution in [0.25, 0.3) is 22.4 Å². The van der Waals surface area contributed by atoms with Gasteiger partial charge in [-0.2, -0.15) is 0 Å². The Labute approximate surface area is 117 Å². The maximum atomic E-state index is 8.83. The Kier molecular flexibility index (Phi) is 3.65. The standard InChI is InChI=1S/C16H16N2O2/c19-10-5-11-20-15-9-4-1-6-12(15)16-17-13-7-2-3-8-14(13)18-16/h1-4,6-9,19H,5,10-11H2,(H,17,18). The topological polar surface area (TPSA) is 58.1 Å². The zero-order valence-electron chi connectivity index (χ0n) is 11.0. The van der Waals surface area contributed by atoms with Gasteiger partial charge in [0.15, 0.2) is 0 Å². The van der Waals surface area contributed by atoms with Crippen molar-refractivity contribution in [2.24, 2.45) is 0 Å². The normalized spacial score (nSPS) is 10.8. The number of H-pyrrole nitrogens is 1. The summed E-state index contributed by atoms with van der Waals surface area (Å²) in [7, 11) is 0. The Morgan fingerprint density at radius 3 is 2.70 bits per heavy atom. The highest BCUT2D eigenvalue weighted by Crippen LogP contribution is 2.29. The first kappa shape index (κ1) is 12.7. The molecule has 0 saturated carbocycles. The summed E-state index contributed by atoms with van der Waals surface area (Å²) in [6.07, 6.45) is 0.620. The van der Waals surface area contributed by atoms with Crippen LogP contribution in [-0.2, 0) is 0 Å². The molecule has 0 aliphatic heterocycles. The number of para-hydroxylation sites is 3. The van der Waals surface area contributed by atoms with E-state index in [0.717, 1.165) is 28.2 Å². The molecule has 2 N–H and O–H groups in total. The molecule has 4 heteroatoms. The number of hydrogen-bond acceptors (Lipinski definition) is 3. The second-order valence-electron chi connectivity index (χ2n) is 4.52. The molecule has 3 rings (SSSR count). The molecule has 2 aromatic carbocycles. The average Bonchev–Trinajstić information content (AvgIpc) is 2.92. The fraction of sp³-hybridized carbons (Fsp3) is 0.188. The Balaban J connectivity index is 1.96. The van der Waals surface area contributed by atoms with Crippen LogP contribution >= 0.6 is 0 Å². The van der Waals surface area contributed by atoms with Crippen molar-refractivity contribution in [3.05, 3.63) is 48.5 Å². The molecule has 0 aliphatic rings. The largest absolute Gasteiger partial charge is 0.493 e. The summed E-state index contributed by atoms with van der Waals surface area (Å²) in [5.41, 5.74) is 2.88. The van der Waals surface area contributed by atoms with Gasteiger partial charge in [0.25, 0.3) is 0 Å². The Morgan fingerprint density at radius 2 is 1.85 bits per heavy atom. The quantitative estimate of drug-likeness (QED) is 0.699. The highest BCUT2D eigenvalue weighted by atomic mass is 16.5. The molecule has 0 saturated heterocycles. The van der Waals surface area contributed by atoms with Crippen molar-refractivity contribution < 1.29 is 9.84 Å². The van der Waals surface area contributed by atoms with Crippen LogP contribution in [0.3, 0.4) is 0 Å². The molecular weight excluding hydrogens is 252 g/mol. The first-order valence-electron chi connectivity index (χ1n) is 6.66. The molecule has 0 atom stereocenters. The van der Waals surface area contributed by atoms with Gasteiger partial charge in [0.05, 0.1) is 23.2 Å². The Morgan fingerprint density at radius 1 is 1.05 bits per heavy atom. The predicted molar refractivity (Wildman–Crippen MR) is 78.7 cm³/mol. The van der Waals surface area contributed by atoms with E-state index < -0.39 is 0 Å². The molecule has 0 unspecified atom stereocenters. The molecule has 0 amide bonds. The summed E-state index contributed by atoms with van der Waals surface area (Å²) in [6, 6.07) is 15.7. The van der Waals surface area contributed by atoms with Gasteiger partial charge >= 0.3 is 0 Å². The summed E-state index contributed by atoms with van der Waals surface area (Å²) in [5.74, 6) is 1.57. The predicted octanol–water partition coefficient (Wildman–Crippen LogP) is 2.99. The lowest BCUT2D eigenvalue weighted by molar-refractivity contribution is 0.234. The number of hydrogen-bond donors (Lipinski definition) is 2. The number of imidazole rings is 1. The molecule has 0 spiro atoms. The summed E-state index contributed by atoms with van der Waals surface area (Å²) >= 11 is 0. The van der Waals surface area contributed by atoms with Crippen LogP contribution in [0.15, 0.2) is 48.5 Å². The van der Waals surface area contributed by atoms with E-state index in [1.807, 2.05) is 48.5 Å². The molecule has 0 aliphatic carbocycles. The lowest BCUT2D eigenvalue weighted by atomic mass is 10.2.